The van der Waals surface area contributed by atoms with Crippen molar-refractivity contribution in [1.29, 1.82) is 0 Å². The van der Waals surface area contributed by atoms with E-state index < -0.39 is 0 Å². The first-order valence-electron chi connectivity index (χ1n) is 7.19. The summed E-state index contributed by atoms with van der Waals surface area (Å²) in [6, 6.07) is 10.3. The van der Waals surface area contributed by atoms with Crippen molar-refractivity contribution in [3.05, 3.63) is 71.8 Å². The Balaban J connectivity index is 1.78. The van der Waals surface area contributed by atoms with E-state index in [0.29, 0.717) is 0 Å². The maximum absolute atomic E-state index is 4.55. The smallest absolute Gasteiger partial charge is 0.0922 e. The second-order valence-electron chi connectivity index (χ2n) is 5.41. The lowest BCUT2D eigenvalue weighted by Crippen LogP contribution is -1.95. The van der Waals surface area contributed by atoms with E-state index in [2.05, 4.69) is 38.1 Å². The molecular formula is C18H14N4. The van der Waals surface area contributed by atoms with Crippen LogP contribution in [-0.2, 0) is 6.42 Å². The van der Waals surface area contributed by atoms with E-state index in [9.17, 15) is 0 Å². The minimum atomic E-state index is 0.807. The molecule has 0 saturated carbocycles. The summed E-state index contributed by atoms with van der Waals surface area (Å²) in [7, 11) is 0. The van der Waals surface area contributed by atoms with Gasteiger partial charge in [0.15, 0.2) is 0 Å². The van der Waals surface area contributed by atoms with E-state index in [4.69, 9.17) is 0 Å². The third kappa shape index (κ3) is 2.29. The molecule has 0 aliphatic rings. The number of hydrogen-bond donors (Lipinski definition) is 0. The van der Waals surface area contributed by atoms with Crippen LogP contribution in [0.1, 0.15) is 16.7 Å². The van der Waals surface area contributed by atoms with Crippen LogP contribution in [0.2, 0.25) is 0 Å². The molecule has 4 rings (SSSR count). The van der Waals surface area contributed by atoms with Crippen molar-refractivity contribution < 1.29 is 0 Å². The van der Waals surface area contributed by atoms with Crippen molar-refractivity contribution in [1.82, 2.24) is 19.9 Å². The Bertz CT molecular complexity index is 979. The van der Waals surface area contributed by atoms with Gasteiger partial charge in [-0.1, -0.05) is 6.07 Å². The van der Waals surface area contributed by atoms with Crippen LogP contribution in [0, 0.1) is 6.92 Å². The van der Waals surface area contributed by atoms with E-state index >= 15 is 0 Å². The number of pyridine rings is 2. The fourth-order valence-electron chi connectivity index (χ4n) is 2.67. The molecule has 4 heteroatoms. The third-order valence-corrected chi connectivity index (χ3v) is 3.73. The van der Waals surface area contributed by atoms with E-state index in [1.807, 2.05) is 31.5 Å². The molecule has 0 bridgehead atoms. The summed E-state index contributed by atoms with van der Waals surface area (Å²) in [4.78, 5) is 17.6. The second kappa shape index (κ2) is 5.15. The Morgan fingerprint density at radius 1 is 0.773 bits per heavy atom. The molecule has 0 saturated heterocycles. The number of aryl methyl sites for hydroxylation is 1. The molecule has 106 valence electrons. The summed E-state index contributed by atoms with van der Waals surface area (Å²) < 4.78 is 0. The summed E-state index contributed by atoms with van der Waals surface area (Å²) in [5.41, 5.74) is 7.24. The molecule has 22 heavy (non-hydrogen) atoms. The highest BCUT2D eigenvalue weighted by Gasteiger charge is 2.06. The zero-order valence-corrected chi connectivity index (χ0v) is 12.2. The van der Waals surface area contributed by atoms with Crippen molar-refractivity contribution in [2.45, 2.75) is 13.3 Å². The number of benzene rings is 1. The van der Waals surface area contributed by atoms with Gasteiger partial charge in [0, 0.05) is 24.8 Å². The van der Waals surface area contributed by atoms with Gasteiger partial charge in [-0.25, -0.2) is 0 Å². The Hall–Kier alpha value is -2.88. The van der Waals surface area contributed by atoms with Gasteiger partial charge in [0.2, 0.25) is 0 Å². The lowest BCUT2D eigenvalue weighted by molar-refractivity contribution is 1.17. The molecule has 3 heterocycles. The van der Waals surface area contributed by atoms with Crippen molar-refractivity contribution in [3.63, 3.8) is 0 Å². The standard InChI is InChI=1S/C18H14N4/c1-12-8-17-18(22-11-12)14(4-5-19-17)9-13-2-3-15-16(10-13)21-7-6-20-15/h2-8,10-11H,9H2,1H3. The first-order valence-corrected chi connectivity index (χ1v) is 7.19. The maximum atomic E-state index is 4.55. The molecule has 0 aliphatic carbocycles. The minimum absolute atomic E-state index is 0.807. The lowest BCUT2D eigenvalue weighted by Gasteiger charge is -2.07. The highest BCUT2D eigenvalue weighted by molar-refractivity contribution is 5.79. The average Bonchev–Trinajstić information content (AvgIpc) is 2.55. The zero-order valence-electron chi connectivity index (χ0n) is 12.2. The fraction of sp³-hybridized carbons (Fsp3) is 0.111. The van der Waals surface area contributed by atoms with Crippen LogP contribution in [-0.4, -0.2) is 19.9 Å². The summed E-state index contributed by atoms with van der Waals surface area (Å²) in [5.74, 6) is 0. The highest BCUT2D eigenvalue weighted by Crippen LogP contribution is 2.20. The molecular weight excluding hydrogens is 272 g/mol. The Morgan fingerprint density at radius 3 is 2.50 bits per heavy atom. The van der Waals surface area contributed by atoms with Crippen LogP contribution in [0.3, 0.4) is 0 Å². The van der Waals surface area contributed by atoms with Crippen molar-refractivity contribution in [3.8, 4) is 0 Å². The first kappa shape index (κ1) is 12.8. The molecule has 4 nitrogen and oxygen atoms in total. The summed E-state index contributed by atoms with van der Waals surface area (Å²) in [6.07, 6.45) is 7.98. The van der Waals surface area contributed by atoms with Crippen molar-refractivity contribution in [2.24, 2.45) is 0 Å². The summed E-state index contributed by atoms with van der Waals surface area (Å²) in [6.45, 7) is 2.03. The van der Waals surface area contributed by atoms with E-state index in [0.717, 1.165) is 34.1 Å². The number of fused-ring (bicyclic) bond motifs is 2. The largest absolute Gasteiger partial charge is 0.255 e. The number of nitrogens with zero attached hydrogens (tertiary/aromatic N) is 4. The topological polar surface area (TPSA) is 51.6 Å². The van der Waals surface area contributed by atoms with E-state index in [1.54, 1.807) is 12.4 Å². The molecule has 1 aromatic carbocycles. The number of hydrogen-bond acceptors (Lipinski definition) is 4. The van der Waals surface area contributed by atoms with Crippen LogP contribution >= 0.6 is 0 Å². The summed E-state index contributed by atoms with van der Waals surface area (Å²) >= 11 is 0. The van der Waals surface area contributed by atoms with Crippen LogP contribution in [0.15, 0.2) is 55.1 Å². The van der Waals surface area contributed by atoms with Gasteiger partial charge in [-0.2, -0.15) is 0 Å². The fourth-order valence-corrected chi connectivity index (χ4v) is 2.67. The van der Waals surface area contributed by atoms with Crippen molar-refractivity contribution in [2.75, 3.05) is 0 Å². The predicted octanol–water partition coefficient (Wildman–Crippen LogP) is 3.47. The molecule has 0 unspecified atom stereocenters. The van der Waals surface area contributed by atoms with Crippen molar-refractivity contribution >= 4 is 22.1 Å². The average molecular weight is 286 g/mol. The quantitative estimate of drug-likeness (QED) is 0.566. The first-order chi connectivity index (χ1) is 10.8. The van der Waals surface area contributed by atoms with Gasteiger partial charge in [-0.3, -0.25) is 19.9 Å². The highest BCUT2D eigenvalue weighted by atomic mass is 14.8. The van der Waals surface area contributed by atoms with Gasteiger partial charge in [0.25, 0.3) is 0 Å². The minimum Gasteiger partial charge on any atom is -0.255 e. The Morgan fingerprint density at radius 2 is 1.59 bits per heavy atom. The number of rotatable bonds is 2. The SMILES string of the molecule is Cc1cnc2c(Cc3ccc4nccnc4c3)ccnc2c1. The maximum Gasteiger partial charge on any atom is 0.0922 e. The molecule has 0 atom stereocenters. The van der Waals surface area contributed by atoms with Gasteiger partial charge in [0.1, 0.15) is 0 Å². The third-order valence-electron chi connectivity index (χ3n) is 3.73. The molecule has 0 fully saturated rings. The molecule has 3 aromatic heterocycles. The van der Waals surface area contributed by atoms with Gasteiger partial charge in [0.05, 0.1) is 22.1 Å². The normalized spacial score (nSPS) is 11.1. The zero-order chi connectivity index (χ0) is 14.9. The van der Waals surface area contributed by atoms with E-state index in [-0.39, 0.29) is 0 Å². The van der Waals surface area contributed by atoms with Crippen LogP contribution in [0.4, 0.5) is 0 Å². The van der Waals surface area contributed by atoms with Crippen LogP contribution in [0.25, 0.3) is 22.1 Å². The van der Waals surface area contributed by atoms with Crippen LogP contribution in [0.5, 0.6) is 0 Å². The summed E-state index contributed by atoms with van der Waals surface area (Å²) in [5, 5.41) is 0. The predicted molar refractivity (Wildman–Crippen MR) is 86.6 cm³/mol. The van der Waals surface area contributed by atoms with Gasteiger partial charge in [-0.05, 0) is 54.3 Å². The lowest BCUT2D eigenvalue weighted by atomic mass is 10.0. The monoisotopic (exact) mass is 286 g/mol. The Labute approximate surface area is 127 Å². The molecule has 0 spiro atoms. The molecule has 0 radical (unpaired) electrons. The molecule has 0 aliphatic heterocycles. The molecule has 0 amide bonds. The molecule has 0 N–H and O–H groups in total. The van der Waals surface area contributed by atoms with E-state index in [1.165, 1.54) is 11.1 Å². The number of aromatic nitrogens is 4. The molecule has 4 aromatic rings. The van der Waals surface area contributed by atoms with Gasteiger partial charge >= 0.3 is 0 Å². The second-order valence-corrected chi connectivity index (χ2v) is 5.41. The van der Waals surface area contributed by atoms with Crippen LogP contribution < -0.4 is 0 Å². The van der Waals surface area contributed by atoms with Gasteiger partial charge < -0.3 is 0 Å². The Kier molecular flexibility index (Phi) is 3.00. The van der Waals surface area contributed by atoms with Gasteiger partial charge in [-0.15, -0.1) is 0 Å².